The molecule has 0 aliphatic carbocycles. The highest BCUT2D eigenvalue weighted by Crippen LogP contribution is 2.48. The molecular formula is C43H29F3. The number of halogens is 3. The minimum atomic E-state index is -4.52. The minimum Gasteiger partial charge on any atom is -0.170 e. The van der Waals surface area contributed by atoms with Crippen molar-refractivity contribution in [2.45, 2.75) is 18.5 Å². The third-order valence-electron chi connectivity index (χ3n) is 9.61. The van der Waals surface area contributed by atoms with Crippen LogP contribution in [0.2, 0.25) is 0 Å². The molecular weight excluding hydrogens is 573 g/mol. The normalized spacial score (nSPS) is 12.3. The van der Waals surface area contributed by atoms with E-state index in [0.717, 1.165) is 65.3 Å². The Morgan fingerprint density at radius 2 is 0.652 bits per heavy atom. The number of alkyl halides is 3. The first-order chi connectivity index (χ1) is 22.3. The molecule has 0 spiro atoms. The molecule has 0 aliphatic rings. The quantitative estimate of drug-likeness (QED) is 0.176. The van der Waals surface area contributed by atoms with Crippen LogP contribution in [0.15, 0.2) is 158 Å². The van der Waals surface area contributed by atoms with Crippen molar-refractivity contribution < 1.29 is 13.2 Å². The molecule has 0 aliphatic heterocycles. The number of hydrogen-bond donors (Lipinski definition) is 0. The summed E-state index contributed by atoms with van der Waals surface area (Å²) in [5.41, 5.74) is 2.04. The van der Waals surface area contributed by atoms with E-state index in [4.69, 9.17) is 0 Å². The van der Waals surface area contributed by atoms with Crippen LogP contribution >= 0.6 is 0 Å². The van der Waals surface area contributed by atoms with Crippen LogP contribution in [0.5, 0.6) is 0 Å². The molecule has 0 bridgehead atoms. The summed E-state index contributed by atoms with van der Waals surface area (Å²) in [6.45, 7) is 1.29. The number of benzene rings is 8. The Labute approximate surface area is 265 Å². The van der Waals surface area contributed by atoms with Gasteiger partial charge in [0.15, 0.2) is 0 Å². The van der Waals surface area contributed by atoms with Crippen LogP contribution in [0.25, 0.3) is 65.3 Å². The van der Waals surface area contributed by atoms with E-state index in [-0.39, 0.29) is 11.1 Å². The molecule has 0 heterocycles. The Bertz CT molecular complexity index is 2130. The molecule has 8 aromatic carbocycles. The van der Waals surface area contributed by atoms with Crippen molar-refractivity contribution in [1.29, 1.82) is 0 Å². The van der Waals surface area contributed by atoms with Crippen molar-refractivity contribution in [2.24, 2.45) is 0 Å². The molecule has 0 N–H and O–H groups in total. The maximum Gasteiger partial charge on any atom is 0.402 e. The lowest BCUT2D eigenvalue weighted by Crippen LogP contribution is -2.40. The average Bonchev–Trinajstić information content (AvgIpc) is 3.09. The van der Waals surface area contributed by atoms with Crippen LogP contribution in [0.4, 0.5) is 13.2 Å². The molecule has 0 radical (unpaired) electrons. The van der Waals surface area contributed by atoms with Gasteiger partial charge < -0.3 is 0 Å². The fraction of sp³-hybridized carbons (Fsp3) is 0.0698. The van der Waals surface area contributed by atoms with E-state index >= 15 is 13.2 Å². The average molecular weight is 603 g/mol. The maximum absolute atomic E-state index is 15.2. The molecule has 8 aromatic rings. The third-order valence-corrected chi connectivity index (χ3v) is 9.61. The summed E-state index contributed by atoms with van der Waals surface area (Å²) in [5.74, 6) is 0. The van der Waals surface area contributed by atoms with Gasteiger partial charge in [-0.15, -0.1) is 0 Å². The van der Waals surface area contributed by atoms with Gasteiger partial charge >= 0.3 is 6.18 Å². The van der Waals surface area contributed by atoms with Crippen molar-refractivity contribution in [2.75, 3.05) is 0 Å². The van der Waals surface area contributed by atoms with Gasteiger partial charge in [-0.3, -0.25) is 0 Å². The molecule has 0 atom stereocenters. The highest BCUT2D eigenvalue weighted by Gasteiger charge is 2.53. The van der Waals surface area contributed by atoms with Crippen LogP contribution < -0.4 is 0 Å². The van der Waals surface area contributed by atoms with Crippen LogP contribution in [0.1, 0.15) is 18.1 Å². The summed E-state index contributed by atoms with van der Waals surface area (Å²) in [4.78, 5) is 0. The zero-order valence-electron chi connectivity index (χ0n) is 25.1. The Hall–Kier alpha value is -5.41. The summed E-state index contributed by atoms with van der Waals surface area (Å²) in [6.07, 6.45) is -4.52. The van der Waals surface area contributed by atoms with Crippen molar-refractivity contribution in [1.82, 2.24) is 0 Å². The molecule has 0 saturated carbocycles. The second-order valence-electron chi connectivity index (χ2n) is 12.2. The van der Waals surface area contributed by atoms with E-state index in [0.29, 0.717) is 0 Å². The predicted octanol–water partition coefficient (Wildman–Crippen LogP) is 12.5. The molecule has 0 nitrogen and oxygen atoms in total. The number of fused-ring (bicyclic) bond motifs is 4. The highest BCUT2D eigenvalue weighted by molar-refractivity contribution is 6.13. The summed E-state index contributed by atoms with van der Waals surface area (Å²) in [7, 11) is 0. The Morgan fingerprint density at radius 1 is 0.370 bits per heavy atom. The molecule has 0 fully saturated rings. The molecule has 222 valence electrons. The zero-order valence-corrected chi connectivity index (χ0v) is 25.1. The van der Waals surface area contributed by atoms with E-state index in [9.17, 15) is 0 Å². The standard InChI is InChI=1S/C43H29F3/c1-42(43(44,45)46,34-22-18-28(19-23-34)40-36-14-6-2-10-30(36)26-31-11-3-7-15-37(31)40)35-24-20-29(21-25-35)41-38-16-8-4-12-32(38)27-33-13-5-9-17-39(33)41/h2-27H,1H3. The lowest BCUT2D eigenvalue weighted by molar-refractivity contribution is -0.173. The third kappa shape index (κ3) is 4.38. The Kier molecular flexibility index (Phi) is 6.47. The zero-order chi connectivity index (χ0) is 31.5. The van der Waals surface area contributed by atoms with Gasteiger partial charge in [0, 0.05) is 0 Å². The SMILES string of the molecule is CC(c1ccc(-c2c3ccccc3cc3ccccc23)cc1)(c1ccc(-c2c3ccccc3cc3ccccc23)cc1)C(F)(F)F. The van der Waals surface area contributed by atoms with Crippen LogP contribution in [0, 0.1) is 0 Å². The van der Waals surface area contributed by atoms with Crippen molar-refractivity contribution in [3.8, 4) is 22.3 Å². The molecule has 3 heteroatoms. The Balaban J connectivity index is 1.24. The monoisotopic (exact) mass is 602 g/mol. The lowest BCUT2D eigenvalue weighted by Gasteiger charge is -2.33. The maximum atomic E-state index is 15.2. The smallest absolute Gasteiger partial charge is 0.170 e. The van der Waals surface area contributed by atoms with Gasteiger partial charge in [0.25, 0.3) is 0 Å². The number of rotatable bonds is 4. The van der Waals surface area contributed by atoms with Gasteiger partial charge in [0.05, 0.1) is 0 Å². The molecule has 0 saturated heterocycles. The van der Waals surface area contributed by atoms with Crippen molar-refractivity contribution in [3.63, 3.8) is 0 Å². The van der Waals surface area contributed by atoms with E-state index in [2.05, 4.69) is 60.7 Å². The van der Waals surface area contributed by atoms with E-state index in [1.165, 1.54) is 6.92 Å². The summed E-state index contributed by atoms with van der Waals surface area (Å²) in [6, 6.07) is 50.9. The van der Waals surface area contributed by atoms with Gasteiger partial charge in [-0.05, 0) is 95.5 Å². The van der Waals surface area contributed by atoms with E-state index < -0.39 is 11.6 Å². The fourth-order valence-electron chi connectivity index (χ4n) is 7.08. The number of hydrogen-bond acceptors (Lipinski definition) is 0. The van der Waals surface area contributed by atoms with Crippen LogP contribution in [-0.2, 0) is 5.41 Å². The summed E-state index contributed by atoms with van der Waals surface area (Å²) < 4.78 is 45.5. The Morgan fingerprint density at radius 3 is 0.935 bits per heavy atom. The van der Waals surface area contributed by atoms with Crippen LogP contribution in [0.3, 0.4) is 0 Å². The molecule has 0 amide bonds. The van der Waals surface area contributed by atoms with Crippen molar-refractivity contribution >= 4 is 43.1 Å². The predicted molar refractivity (Wildman–Crippen MR) is 186 cm³/mol. The minimum absolute atomic E-state index is 0.205. The molecule has 0 aromatic heterocycles. The highest BCUT2D eigenvalue weighted by atomic mass is 19.4. The summed E-state index contributed by atoms with van der Waals surface area (Å²) >= 11 is 0. The molecule has 46 heavy (non-hydrogen) atoms. The molecule has 0 unspecified atom stereocenters. The first kappa shape index (κ1) is 28.1. The van der Waals surface area contributed by atoms with Gasteiger partial charge in [-0.1, -0.05) is 146 Å². The van der Waals surface area contributed by atoms with E-state index in [1.54, 1.807) is 24.3 Å². The first-order valence-corrected chi connectivity index (χ1v) is 15.4. The molecule has 8 rings (SSSR count). The van der Waals surface area contributed by atoms with Gasteiger partial charge in [-0.2, -0.15) is 13.2 Å². The summed E-state index contributed by atoms with van der Waals surface area (Å²) in [5, 5.41) is 8.68. The second-order valence-corrected chi connectivity index (χ2v) is 12.2. The van der Waals surface area contributed by atoms with Crippen molar-refractivity contribution in [3.05, 3.63) is 169 Å². The van der Waals surface area contributed by atoms with Gasteiger partial charge in [0.2, 0.25) is 0 Å². The largest absolute Gasteiger partial charge is 0.402 e. The second kappa shape index (κ2) is 10.6. The lowest BCUT2D eigenvalue weighted by atomic mass is 9.74. The van der Waals surface area contributed by atoms with Gasteiger partial charge in [0.1, 0.15) is 5.41 Å². The van der Waals surface area contributed by atoms with Gasteiger partial charge in [-0.25, -0.2) is 0 Å². The van der Waals surface area contributed by atoms with E-state index in [1.807, 2.05) is 72.8 Å². The fourth-order valence-corrected chi connectivity index (χ4v) is 7.08. The topological polar surface area (TPSA) is 0 Å². The first-order valence-electron chi connectivity index (χ1n) is 15.4. The van der Waals surface area contributed by atoms with Crippen LogP contribution in [-0.4, -0.2) is 6.18 Å².